The highest BCUT2D eigenvalue weighted by molar-refractivity contribution is 4.78. The lowest BCUT2D eigenvalue weighted by atomic mass is 10.00. The molecule has 1 atom stereocenters. The van der Waals surface area contributed by atoms with Crippen LogP contribution in [0.3, 0.4) is 0 Å². The van der Waals surface area contributed by atoms with E-state index in [2.05, 4.69) is 25.7 Å². The predicted molar refractivity (Wildman–Crippen MR) is 60.3 cm³/mol. The summed E-state index contributed by atoms with van der Waals surface area (Å²) in [7, 11) is 0. The van der Waals surface area contributed by atoms with E-state index in [9.17, 15) is 5.11 Å². The van der Waals surface area contributed by atoms with Crippen LogP contribution in [0, 0.1) is 5.92 Å². The molecule has 1 saturated carbocycles. The fourth-order valence-electron chi connectivity index (χ4n) is 2.44. The maximum absolute atomic E-state index is 10.1. The lowest BCUT2D eigenvalue weighted by Crippen LogP contribution is -2.39. The molecule has 1 aliphatic rings. The van der Waals surface area contributed by atoms with E-state index in [-0.39, 0.29) is 6.10 Å². The number of aliphatic hydroxyl groups is 1. The first-order valence-electron chi connectivity index (χ1n) is 6.07. The Morgan fingerprint density at radius 3 is 2.29 bits per heavy atom. The first-order valence-corrected chi connectivity index (χ1v) is 6.07. The molecule has 84 valence electrons. The number of nitrogens with zero attached hydrogens (tertiary/aromatic N) is 1. The van der Waals surface area contributed by atoms with Crippen molar-refractivity contribution in [1.29, 1.82) is 0 Å². The highest BCUT2D eigenvalue weighted by atomic mass is 16.3. The van der Waals surface area contributed by atoms with E-state index in [0.29, 0.717) is 12.0 Å². The Bertz CT molecular complexity index is 152. The fourth-order valence-corrected chi connectivity index (χ4v) is 2.44. The van der Waals surface area contributed by atoms with Crippen LogP contribution in [0.2, 0.25) is 0 Å². The van der Waals surface area contributed by atoms with E-state index in [1.165, 1.54) is 25.7 Å². The Labute approximate surface area is 88.3 Å². The van der Waals surface area contributed by atoms with E-state index in [1.54, 1.807) is 0 Å². The van der Waals surface area contributed by atoms with E-state index in [1.807, 2.05) is 0 Å². The quantitative estimate of drug-likeness (QED) is 0.734. The molecule has 1 rings (SSSR count). The molecule has 1 unspecified atom stereocenters. The van der Waals surface area contributed by atoms with Gasteiger partial charge in [0.05, 0.1) is 6.10 Å². The van der Waals surface area contributed by atoms with Gasteiger partial charge in [0.15, 0.2) is 0 Å². The van der Waals surface area contributed by atoms with Crippen LogP contribution in [0.1, 0.15) is 46.5 Å². The Hall–Kier alpha value is -0.0800. The van der Waals surface area contributed by atoms with Gasteiger partial charge >= 0.3 is 0 Å². The Morgan fingerprint density at radius 2 is 1.86 bits per heavy atom. The van der Waals surface area contributed by atoms with Crippen LogP contribution in [0.15, 0.2) is 0 Å². The molecule has 1 N–H and O–H groups in total. The van der Waals surface area contributed by atoms with Crippen molar-refractivity contribution in [1.82, 2.24) is 4.90 Å². The molecule has 0 aromatic carbocycles. The van der Waals surface area contributed by atoms with Gasteiger partial charge in [0.25, 0.3) is 0 Å². The van der Waals surface area contributed by atoms with Gasteiger partial charge in [-0.3, -0.25) is 4.90 Å². The van der Waals surface area contributed by atoms with E-state index in [0.717, 1.165) is 13.1 Å². The second-order valence-electron chi connectivity index (χ2n) is 4.79. The first kappa shape index (κ1) is 12.0. The topological polar surface area (TPSA) is 23.5 Å². The molecule has 0 heterocycles. The summed E-state index contributed by atoms with van der Waals surface area (Å²) < 4.78 is 0. The molecule has 1 fully saturated rings. The van der Waals surface area contributed by atoms with Crippen LogP contribution in [0.25, 0.3) is 0 Å². The molecule has 2 nitrogen and oxygen atoms in total. The van der Waals surface area contributed by atoms with Gasteiger partial charge in [-0.1, -0.05) is 19.8 Å². The minimum absolute atomic E-state index is 0.0974. The zero-order valence-electron chi connectivity index (χ0n) is 9.87. The van der Waals surface area contributed by atoms with E-state index >= 15 is 0 Å². The Kier molecular flexibility index (Phi) is 4.90. The van der Waals surface area contributed by atoms with Crippen LogP contribution in [0.5, 0.6) is 0 Å². The Morgan fingerprint density at radius 1 is 1.29 bits per heavy atom. The summed E-state index contributed by atoms with van der Waals surface area (Å²) in [5.41, 5.74) is 0. The summed E-state index contributed by atoms with van der Waals surface area (Å²) in [6.07, 6.45) is 5.00. The fraction of sp³-hybridized carbons (Fsp3) is 1.00. The average Bonchev–Trinajstić information content (AvgIpc) is 2.65. The molecule has 14 heavy (non-hydrogen) atoms. The van der Waals surface area contributed by atoms with Gasteiger partial charge in [0, 0.05) is 12.6 Å². The van der Waals surface area contributed by atoms with Gasteiger partial charge in [0.2, 0.25) is 0 Å². The second kappa shape index (κ2) is 5.72. The van der Waals surface area contributed by atoms with Crippen LogP contribution in [-0.2, 0) is 0 Å². The molecular weight excluding hydrogens is 174 g/mol. The zero-order chi connectivity index (χ0) is 10.6. The lowest BCUT2D eigenvalue weighted by Gasteiger charge is -2.29. The molecule has 1 aliphatic carbocycles. The maximum atomic E-state index is 10.1. The highest BCUT2D eigenvalue weighted by Gasteiger charge is 2.25. The van der Waals surface area contributed by atoms with Gasteiger partial charge < -0.3 is 5.11 Å². The summed E-state index contributed by atoms with van der Waals surface area (Å²) in [5, 5.41) is 10.1. The van der Waals surface area contributed by atoms with E-state index in [4.69, 9.17) is 0 Å². The van der Waals surface area contributed by atoms with Gasteiger partial charge in [-0.15, -0.1) is 0 Å². The molecule has 0 radical (unpaired) electrons. The largest absolute Gasteiger partial charge is 0.392 e. The van der Waals surface area contributed by atoms with Crippen LogP contribution >= 0.6 is 0 Å². The number of hydrogen-bond donors (Lipinski definition) is 1. The van der Waals surface area contributed by atoms with Crippen molar-refractivity contribution in [2.45, 2.75) is 58.6 Å². The van der Waals surface area contributed by atoms with Gasteiger partial charge in [-0.05, 0) is 39.2 Å². The SMILES string of the molecule is CCN(CC(O)C1CCCC1)C(C)C. The smallest absolute Gasteiger partial charge is 0.0695 e. The van der Waals surface area contributed by atoms with Crippen molar-refractivity contribution in [3.8, 4) is 0 Å². The van der Waals surface area contributed by atoms with Gasteiger partial charge in [-0.2, -0.15) is 0 Å². The van der Waals surface area contributed by atoms with Crippen LogP contribution < -0.4 is 0 Å². The Balaban J connectivity index is 2.33. The third-order valence-electron chi connectivity index (χ3n) is 3.50. The number of likely N-dealkylation sites (N-methyl/N-ethyl adjacent to an activating group) is 1. The number of hydrogen-bond acceptors (Lipinski definition) is 2. The normalized spacial score (nSPS) is 21.0. The molecule has 0 aliphatic heterocycles. The summed E-state index contributed by atoms with van der Waals surface area (Å²) >= 11 is 0. The second-order valence-corrected chi connectivity index (χ2v) is 4.79. The summed E-state index contributed by atoms with van der Waals surface area (Å²) in [6, 6.07) is 0.552. The van der Waals surface area contributed by atoms with Gasteiger partial charge in [0.1, 0.15) is 0 Å². The molecule has 0 amide bonds. The average molecular weight is 199 g/mol. The lowest BCUT2D eigenvalue weighted by molar-refractivity contribution is 0.0564. The van der Waals surface area contributed by atoms with Crippen LogP contribution in [0.4, 0.5) is 0 Å². The minimum Gasteiger partial charge on any atom is -0.392 e. The minimum atomic E-state index is -0.0974. The summed E-state index contributed by atoms with van der Waals surface area (Å²) in [6.45, 7) is 8.47. The summed E-state index contributed by atoms with van der Waals surface area (Å²) in [4.78, 5) is 2.35. The zero-order valence-corrected chi connectivity index (χ0v) is 9.87. The van der Waals surface area contributed by atoms with Crippen LogP contribution in [-0.4, -0.2) is 35.2 Å². The molecule has 2 heteroatoms. The van der Waals surface area contributed by atoms with Gasteiger partial charge in [-0.25, -0.2) is 0 Å². The van der Waals surface area contributed by atoms with Crippen molar-refractivity contribution in [3.05, 3.63) is 0 Å². The summed E-state index contributed by atoms with van der Waals surface area (Å²) in [5.74, 6) is 0.572. The van der Waals surface area contributed by atoms with Crippen molar-refractivity contribution in [2.75, 3.05) is 13.1 Å². The van der Waals surface area contributed by atoms with Crippen molar-refractivity contribution in [3.63, 3.8) is 0 Å². The first-order chi connectivity index (χ1) is 6.65. The maximum Gasteiger partial charge on any atom is 0.0695 e. The monoisotopic (exact) mass is 199 g/mol. The van der Waals surface area contributed by atoms with Crippen molar-refractivity contribution in [2.24, 2.45) is 5.92 Å². The number of aliphatic hydroxyl groups excluding tert-OH is 1. The highest BCUT2D eigenvalue weighted by Crippen LogP contribution is 2.28. The third-order valence-corrected chi connectivity index (χ3v) is 3.50. The van der Waals surface area contributed by atoms with Crippen molar-refractivity contribution >= 4 is 0 Å². The number of rotatable bonds is 5. The third kappa shape index (κ3) is 3.25. The molecule has 0 aromatic rings. The molecule has 0 spiro atoms. The molecular formula is C12H25NO. The standard InChI is InChI=1S/C12H25NO/c1-4-13(10(2)3)9-12(14)11-7-5-6-8-11/h10-12,14H,4-9H2,1-3H3. The molecule has 0 aromatic heterocycles. The molecule has 0 bridgehead atoms. The predicted octanol–water partition coefficient (Wildman–Crippen LogP) is 2.27. The van der Waals surface area contributed by atoms with Crippen molar-refractivity contribution < 1.29 is 5.11 Å². The molecule has 0 saturated heterocycles. The van der Waals surface area contributed by atoms with E-state index < -0.39 is 0 Å².